The summed E-state index contributed by atoms with van der Waals surface area (Å²) in [6.45, 7) is 7.95. The van der Waals surface area contributed by atoms with Gasteiger partial charge in [0, 0.05) is 56.1 Å². The minimum Gasteiger partial charge on any atom is -0.340 e. The number of likely N-dealkylation sites (tertiary alicyclic amines) is 2. The topological polar surface area (TPSA) is 47.1 Å². The Morgan fingerprint density at radius 1 is 0.903 bits per heavy atom. The first-order valence-electron chi connectivity index (χ1n) is 12.2. The summed E-state index contributed by atoms with van der Waals surface area (Å²) >= 11 is 1.67. The van der Waals surface area contributed by atoms with Gasteiger partial charge in [0.25, 0.3) is 5.91 Å². The molecule has 31 heavy (non-hydrogen) atoms. The average Bonchev–Trinajstić information content (AvgIpc) is 3.48. The van der Waals surface area contributed by atoms with Gasteiger partial charge in [0.15, 0.2) is 0 Å². The zero-order chi connectivity index (χ0) is 21.4. The van der Waals surface area contributed by atoms with Crippen molar-refractivity contribution in [1.82, 2.24) is 19.6 Å². The van der Waals surface area contributed by atoms with Crippen molar-refractivity contribution in [2.24, 2.45) is 5.92 Å². The van der Waals surface area contributed by atoms with Crippen molar-refractivity contribution in [2.75, 3.05) is 59.4 Å². The van der Waals surface area contributed by atoms with Crippen molar-refractivity contribution < 1.29 is 9.59 Å². The van der Waals surface area contributed by atoms with Gasteiger partial charge in [-0.1, -0.05) is 0 Å². The third kappa shape index (κ3) is 4.55. The van der Waals surface area contributed by atoms with Gasteiger partial charge in [-0.2, -0.15) is 0 Å². The van der Waals surface area contributed by atoms with Crippen molar-refractivity contribution >= 4 is 23.2 Å². The van der Waals surface area contributed by atoms with Crippen molar-refractivity contribution in [3.8, 4) is 0 Å². The molecule has 170 valence electrons. The van der Waals surface area contributed by atoms with Crippen LogP contribution in [0.5, 0.6) is 0 Å². The molecule has 3 saturated heterocycles. The van der Waals surface area contributed by atoms with Gasteiger partial charge in [-0.25, -0.2) is 0 Å². The van der Waals surface area contributed by atoms with Gasteiger partial charge < -0.3 is 14.7 Å². The lowest BCUT2D eigenvalue weighted by molar-refractivity contribution is -0.138. The van der Waals surface area contributed by atoms with Crippen LogP contribution in [0.4, 0.5) is 0 Å². The minimum atomic E-state index is 0.0896. The van der Waals surface area contributed by atoms with Crippen LogP contribution in [0.15, 0.2) is 6.07 Å². The highest BCUT2D eigenvalue weighted by molar-refractivity contribution is 7.14. The van der Waals surface area contributed by atoms with Crippen molar-refractivity contribution in [2.45, 2.75) is 51.0 Å². The molecule has 3 aliphatic heterocycles. The zero-order valence-corrected chi connectivity index (χ0v) is 19.7. The molecule has 1 unspecified atom stereocenters. The van der Waals surface area contributed by atoms with E-state index in [0.717, 1.165) is 76.2 Å². The normalized spacial score (nSPS) is 26.3. The van der Waals surface area contributed by atoms with E-state index in [2.05, 4.69) is 27.8 Å². The fourth-order valence-electron chi connectivity index (χ4n) is 5.84. The van der Waals surface area contributed by atoms with E-state index < -0.39 is 0 Å². The maximum absolute atomic E-state index is 13.3. The van der Waals surface area contributed by atoms with Gasteiger partial charge in [-0.3, -0.25) is 14.5 Å². The lowest BCUT2D eigenvalue weighted by Gasteiger charge is -2.43. The molecule has 1 aliphatic carbocycles. The number of fused-ring (bicyclic) bond motifs is 1. The number of piperidine rings is 1. The first-order valence-corrected chi connectivity index (χ1v) is 13.0. The monoisotopic (exact) mass is 444 g/mol. The Kier molecular flexibility index (Phi) is 6.35. The largest absolute Gasteiger partial charge is 0.340 e. The summed E-state index contributed by atoms with van der Waals surface area (Å²) in [5.41, 5.74) is 1.25. The SMILES string of the molecule is CN1CCC(N2CCN(C(=O)C3CCc4sc(C(=O)N5CCCC5)cc4C3)CC2)CC1. The summed E-state index contributed by atoms with van der Waals surface area (Å²) < 4.78 is 0. The van der Waals surface area contributed by atoms with Gasteiger partial charge in [0.2, 0.25) is 5.91 Å². The van der Waals surface area contributed by atoms with Crippen LogP contribution < -0.4 is 0 Å². The highest BCUT2D eigenvalue weighted by Gasteiger charge is 2.34. The molecule has 1 aromatic rings. The van der Waals surface area contributed by atoms with Crippen LogP contribution in [0.2, 0.25) is 0 Å². The van der Waals surface area contributed by atoms with Crippen molar-refractivity contribution in [1.29, 1.82) is 0 Å². The van der Waals surface area contributed by atoms with E-state index in [1.165, 1.54) is 36.4 Å². The second-order valence-corrected chi connectivity index (χ2v) is 11.0. The fourth-order valence-corrected chi connectivity index (χ4v) is 7.02. The zero-order valence-electron chi connectivity index (χ0n) is 18.9. The van der Waals surface area contributed by atoms with E-state index in [-0.39, 0.29) is 11.8 Å². The molecule has 0 bridgehead atoms. The quantitative estimate of drug-likeness (QED) is 0.718. The molecule has 0 saturated carbocycles. The molecular formula is C24H36N4O2S. The molecule has 5 rings (SSSR count). The summed E-state index contributed by atoms with van der Waals surface area (Å²) in [6, 6.07) is 2.79. The highest BCUT2D eigenvalue weighted by Crippen LogP contribution is 2.34. The molecule has 0 spiro atoms. The first kappa shape index (κ1) is 21.4. The lowest BCUT2D eigenvalue weighted by atomic mass is 9.87. The summed E-state index contributed by atoms with van der Waals surface area (Å²) in [5.74, 6) is 0.629. The highest BCUT2D eigenvalue weighted by atomic mass is 32.1. The van der Waals surface area contributed by atoms with E-state index >= 15 is 0 Å². The van der Waals surface area contributed by atoms with Crippen LogP contribution in [-0.2, 0) is 17.6 Å². The number of aryl methyl sites for hydroxylation is 1. The Hall–Kier alpha value is -1.44. The van der Waals surface area contributed by atoms with Gasteiger partial charge >= 0.3 is 0 Å². The van der Waals surface area contributed by atoms with E-state index in [0.29, 0.717) is 11.9 Å². The van der Waals surface area contributed by atoms with Crippen LogP contribution in [0, 0.1) is 5.92 Å². The van der Waals surface area contributed by atoms with Crippen LogP contribution >= 0.6 is 11.3 Å². The minimum absolute atomic E-state index is 0.0896. The Bertz CT molecular complexity index is 803. The molecule has 4 aliphatic rings. The van der Waals surface area contributed by atoms with E-state index in [9.17, 15) is 9.59 Å². The Morgan fingerprint density at radius 3 is 2.32 bits per heavy atom. The van der Waals surface area contributed by atoms with E-state index in [1.54, 1.807) is 11.3 Å². The Labute approximate surface area is 190 Å². The molecule has 2 amide bonds. The van der Waals surface area contributed by atoms with Crippen LogP contribution in [0.3, 0.4) is 0 Å². The summed E-state index contributed by atoms with van der Waals surface area (Å²) in [5, 5.41) is 0. The fraction of sp³-hybridized carbons (Fsp3) is 0.750. The third-order valence-electron chi connectivity index (χ3n) is 7.87. The number of carbonyl (C=O) groups excluding carboxylic acids is 2. The van der Waals surface area contributed by atoms with Gasteiger partial charge in [-0.15, -0.1) is 11.3 Å². The van der Waals surface area contributed by atoms with Crippen LogP contribution in [0.1, 0.15) is 52.2 Å². The molecule has 0 N–H and O–H groups in total. The van der Waals surface area contributed by atoms with Crippen LogP contribution in [-0.4, -0.2) is 96.9 Å². The number of hydrogen-bond acceptors (Lipinski definition) is 5. The number of rotatable bonds is 3. The number of nitrogens with zero attached hydrogens (tertiary/aromatic N) is 4. The van der Waals surface area contributed by atoms with Gasteiger partial charge in [-0.05, 0) is 76.7 Å². The van der Waals surface area contributed by atoms with Crippen molar-refractivity contribution in [3.63, 3.8) is 0 Å². The summed E-state index contributed by atoms with van der Waals surface area (Å²) in [4.78, 5) is 37.4. The molecule has 1 aromatic heterocycles. The van der Waals surface area contributed by atoms with E-state index in [4.69, 9.17) is 0 Å². The molecule has 0 aromatic carbocycles. The molecule has 0 radical (unpaired) electrons. The second-order valence-electron chi connectivity index (χ2n) is 9.89. The predicted octanol–water partition coefficient (Wildman–Crippen LogP) is 2.33. The Morgan fingerprint density at radius 2 is 1.61 bits per heavy atom. The maximum Gasteiger partial charge on any atom is 0.263 e. The third-order valence-corrected chi connectivity index (χ3v) is 9.09. The first-order chi connectivity index (χ1) is 15.1. The van der Waals surface area contributed by atoms with E-state index in [1.807, 2.05) is 4.90 Å². The lowest BCUT2D eigenvalue weighted by Crippen LogP contribution is -2.55. The number of piperazine rings is 1. The van der Waals surface area contributed by atoms with Crippen molar-refractivity contribution in [3.05, 3.63) is 21.4 Å². The number of carbonyl (C=O) groups is 2. The molecule has 4 heterocycles. The molecular weight excluding hydrogens is 408 g/mol. The predicted molar refractivity (Wildman–Crippen MR) is 124 cm³/mol. The molecule has 6 nitrogen and oxygen atoms in total. The maximum atomic E-state index is 13.3. The average molecular weight is 445 g/mol. The summed E-state index contributed by atoms with van der Waals surface area (Å²) in [7, 11) is 2.21. The Balaban J connectivity index is 1.15. The summed E-state index contributed by atoms with van der Waals surface area (Å²) in [6.07, 6.45) is 7.45. The standard InChI is InChI=1S/C24H36N4O2S/c1-25-10-6-20(7-11-25)26-12-14-28(15-13-26)23(29)18-4-5-21-19(16-18)17-22(31-21)24(30)27-8-2-3-9-27/h17-18,20H,2-16H2,1H3. The number of hydrogen-bond donors (Lipinski definition) is 0. The smallest absolute Gasteiger partial charge is 0.263 e. The van der Waals surface area contributed by atoms with Gasteiger partial charge in [0.1, 0.15) is 0 Å². The number of thiophene rings is 1. The molecule has 7 heteroatoms. The number of amides is 2. The van der Waals surface area contributed by atoms with Crippen LogP contribution in [0.25, 0.3) is 0 Å². The molecule has 1 atom stereocenters. The molecule has 3 fully saturated rings. The second kappa shape index (κ2) is 9.20. The van der Waals surface area contributed by atoms with Gasteiger partial charge in [0.05, 0.1) is 4.88 Å².